The van der Waals surface area contributed by atoms with E-state index in [9.17, 15) is 4.79 Å². The molecule has 0 atom stereocenters. The van der Waals surface area contributed by atoms with Crippen LogP contribution in [0.2, 0.25) is 0 Å². The van der Waals surface area contributed by atoms with Crippen molar-refractivity contribution in [2.24, 2.45) is 0 Å². The lowest BCUT2D eigenvalue weighted by atomic mass is 10.1. The second-order valence-corrected chi connectivity index (χ2v) is 7.48. The molecule has 3 heterocycles. The van der Waals surface area contributed by atoms with Crippen molar-refractivity contribution in [1.29, 1.82) is 0 Å². The number of benzene rings is 1. The van der Waals surface area contributed by atoms with E-state index in [0.717, 1.165) is 35.9 Å². The van der Waals surface area contributed by atoms with Crippen LogP contribution < -0.4 is 9.64 Å². The Labute approximate surface area is 176 Å². The number of amides is 1. The van der Waals surface area contributed by atoms with Gasteiger partial charge in [0.05, 0.1) is 11.8 Å². The highest BCUT2D eigenvalue weighted by atomic mass is 16.5. The van der Waals surface area contributed by atoms with Gasteiger partial charge in [0.15, 0.2) is 5.82 Å². The minimum atomic E-state index is 0.0462. The van der Waals surface area contributed by atoms with Gasteiger partial charge in [0.1, 0.15) is 5.75 Å². The number of hydrogen-bond donors (Lipinski definition) is 0. The number of aromatic nitrogens is 3. The molecule has 1 saturated heterocycles. The van der Waals surface area contributed by atoms with Gasteiger partial charge >= 0.3 is 0 Å². The molecule has 7 heteroatoms. The minimum absolute atomic E-state index is 0.0462. The average Bonchev–Trinajstić information content (AvgIpc) is 2.80. The maximum absolute atomic E-state index is 12.8. The molecule has 1 aromatic carbocycles. The third kappa shape index (κ3) is 4.56. The fourth-order valence-corrected chi connectivity index (χ4v) is 3.44. The number of pyridine rings is 1. The van der Waals surface area contributed by atoms with Gasteiger partial charge in [-0.25, -0.2) is 0 Å². The fourth-order valence-electron chi connectivity index (χ4n) is 3.44. The molecule has 7 nitrogen and oxygen atoms in total. The zero-order chi connectivity index (χ0) is 20.9. The number of anilines is 1. The molecule has 0 saturated carbocycles. The van der Waals surface area contributed by atoms with Crippen LogP contribution in [-0.4, -0.2) is 58.3 Å². The number of carbonyl (C=O) groups excluding carboxylic acids is 1. The molecule has 1 aliphatic heterocycles. The van der Waals surface area contributed by atoms with Crippen LogP contribution in [-0.2, 0) is 0 Å². The van der Waals surface area contributed by atoms with Crippen LogP contribution in [0.3, 0.4) is 0 Å². The number of ether oxygens (including phenoxy) is 1. The number of hydrogen-bond acceptors (Lipinski definition) is 6. The molecule has 154 valence electrons. The number of rotatable bonds is 5. The Balaban J connectivity index is 1.35. The summed E-state index contributed by atoms with van der Waals surface area (Å²) < 4.78 is 5.65. The summed E-state index contributed by atoms with van der Waals surface area (Å²) in [5.41, 5.74) is 2.49. The summed E-state index contributed by atoms with van der Waals surface area (Å²) in [7, 11) is 0. The van der Waals surface area contributed by atoms with Gasteiger partial charge in [-0.15, -0.1) is 10.2 Å². The van der Waals surface area contributed by atoms with Crippen molar-refractivity contribution in [1.82, 2.24) is 20.1 Å². The van der Waals surface area contributed by atoms with Gasteiger partial charge in [-0.1, -0.05) is 0 Å². The first-order chi connectivity index (χ1) is 14.6. The molecule has 0 N–H and O–H groups in total. The molecule has 3 aromatic rings. The number of piperazine rings is 1. The van der Waals surface area contributed by atoms with Crippen LogP contribution in [0.15, 0.2) is 60.9 Å². The predicted molar refractivity (Wildman–Crippen MR) is 116 cm³/mol. The van der Waals surface area contributed by atoms with Crippen LogP contribution in [0.5, 0.6) is 5.75 Å². The van der Waals surface area contributed by atoms with Crippen LogP contribution in [0.1, 0.15) is 24.2 Å². The van der Waals surface area contributed by atoms with E-state index in [1.54, 1.807) is 12.4 Å². The molecular formula is C23H25N5O2. The summed E-state index contributed by atoms with van der Waals surface area (Å²) in [6.45, 7) is 6.71. The van der Waals surface area contributed by atoms with E-state index in [1.807, 2.05) is 67.3 Å². The van der Waals surface area contributed by atoms with E-state index in [1.165, 1.54) is 0 Å². The molecule has 0 spiro atoms. The molecule has 2 aromatic heterocycles. The van der Waals surface area contributed by atoms with Crippen LogP contribution >= 0.6 is 0 Å². The van der Waals surface area contributed by atoms with E-state index < -0.39 is 0 Å². The Kier molecular flexibility index (Phi) is 5.88. The quantitative estimate of drug-likeness (QED) is 0.651. The summed E-state index contributed by atoms with van der Waals surface area (Å²) in [5, 5.41) is 8.72. The van der Waals surface area contributed by atoms with Crippen molar-refractivity contribution in [3.05, 3.63) is 66.5 Å². The molecule has 4 rings (SSSR count). The molecule has 0 aliphatic carbocycles. The maximum Gasteiger partial charge on any atom is 0.253 e. The van der Waals surface area contributed by atoms with Crippen molar-refractivity contribution in [3.8, 4) is 17.0 Å². The van der Waals surface area contributed by atoms with E-state index in [4.69, 9.17) is 4.74 Å². The summed E-state index contributed by atoms with van der Waals surface area (Å²) in [4.78, 5) is 20.9. The van der Waals surface area contributed by atoms with Gasteiger partial charge in [0.25, 0.3) is 5.91 Å². The largest absolute Gasteiger partial charge is 0.491 e. The molecule has 0 unspecified atom stereocenters. The second kappa shape index (κ2) is 8.90. The zero-order valence-electron chi connectivity index (χ0n) is 17.2. The van der Waals surface area contributed by atoms with Crippen molar-refractivity contribution in [2.75, 3.05) is 31.1 Å². The Morgan fingerprint density at radius 2 is 1.60 bits per heavy atom. The van der Waals surface area contributed by atoms with Crippen molar-refractivity contribution in [2.45, 2.75) is 20.0 Å². The first kappa shape index (κ1) is 19.8. The van der Waals surface area contributed by atoms with Gasteiger partial charge in [-0.2, -0.15) is 0 Å². The lowest BCUT2D eigenvalue weighted by molar-refractivity contribution is 0.0746. The van der Waals surface area contributed by atoms with Crippen LogP contribution in [0, 0.1) is 0 Å². The molecule has 1 aliphatic rings. The topological polar surface area (TPSA) is 71.5 Å². The van der Waals surface area contributed by atoms with Crippen LogP contribution in [0.25, 0.3) is 11.3 Å². The lowest BCUT2D eigenvalue weighted by Crippen LogP contribution is -2.49. The van der Waals surface area contributed by atoms with E-state index in [-0.39, 0.29) is 12.0 Å². The predicted octanol–water partition coefficient (Wildman–Crippen LogP) is 3.29. The van der Waals surface area contributed by atoms with Crippen molar-refractivity contribution < 1.29 is 9.53 Å². The Morgan fingerprint density at radius 3 is 2.20 bits per heavy atom. The fraction of sp³-hybridized carbons (Fsp3) is 0.304. The Bertz CT molecular complexity index is 967. The van der Waals surface area contributed by atoms with E-state index in [2.05, 4.69) is 20.1 Å². The van der Waals surface area contributed by atoms with Crippen LogP contribution in [0.4, 0.5) is 5.82 Å². The second-order valence-electron chi connectivity index (χ2n) is 7.48. The third-order valence-electron chi connectivity index (χ3n) is 4.99. The molecule has 1 amide bonds. The maximum atomic E-state index is 12.8. The van der Waals surface area contributed by atoms with Gasteiger partial charge in [-0.3, -0.25) is 9.78 Å². The first-order valence-corrected chi connectivity index (χ1v) is 10.2. The summed E-state index contributed by atoms with van der Waals surface area (Å²) in [6, 6.07) is 15.1. The average molecular weight is 403 g/mol. The number of nitrogens with zero attached hydrogens (tertiary/aromatic N) is 5. The Hall–Kier alpha value is -3.48. The highest BCUT2D eigenvalue weighted by Crippen LogP contribution is 2.20. The van der Waals surface area contributed by atoms with Crippen molar-refractivity contribution in [3.63, 3.8) is 0 Å². The van der Waals surface area contributed by atoms with Gasteiger partial charge < -0.3 is 14.5 Å². The lowest BCUT2D eigenvalue weighted by Gasteiger charge is -2.35. The highest BCUT2D eigenvalue weighted by molar-refractivity contribution is 5.94. The SMILES string of the molecule is CC(C)Oc1ccc(C(=O)N2CCN(c3ccc(-c4ccncc4)nn3)CC2)cc1. The first-order valence-electron chi connectivity index (χ1n) is 10.2. The summed E-state index contributed by atoms with van der Waals surface area (Å²) in [6.07, 6.45) is 3.60. The smallest absolute Gasteiger partial charge is 0.253 e. The molecule has 0 bridgehead atoms. The zero-order valence-corrected chi connectivity index (χ0v) is 17.2. The van der Waals surface area contributed by atoms with E-state index in [0.29, 0.717) is 18.7 Å². The minimum Gasteiger partial charge on any atom is -0.491 e. The Morgan fingerprint density at radius 1 is 0.900 bits per heavy atom. The summed E-state index contributed by atoms with van der Waals surface area (Å²) >= 11 is 0. The van der Waals surface area contributed by atoms with Gasteiger partial charge in [0, 0.05) is 49.7 Å². The van der Waals surface area contributed by atoms with E-state index >= 15 is 0 Å². The standard InChI is InChI=1S/C23H25N5O2/c1-17(2)30-20-5-3-19(4-6-20)23(29)28-15-13-27(14-16-28)22-8-7-21(25-26-22)18-9-11-24-12-10-18/h3-12,17H,13-16H2,1-2H3. The molecule has 30 heavy (non-hydrogen) atoms. The summed E-state index contributed by atoms with van der Waals surface area (Å²) in [5.74, 6) is 1.65. The monoisotopic (exact) mass is 403 g/mol. The molecule has 1 fully saturated rings. The normalized spacial score (nSPS) is 14.1. The van der Waals surface area contributed by atoms with Gasteiger partial charge in [0.2, 0.25) is 0 Å². The van der Waals surface area contributed by atoms with Gasteiger partial charge in [-0.05, 0) is 62.4 Å². The molecular weight excluding hydrogens is 378 g/mol. The molecule has 0 radical (unpaired) electrons. The third-order valence-corrected chi connectivity index (χ3v) is 4.99. The number of carbonyl (C=O) groups is 1. The highest BCUT2D eigenvalue weighted by Gasteiger charge is 2.23. The van der Waals surface area contributed by atoms with Crippen molar-refractivity contribution >= 4 is 11.7 Å².